The largest absolute Gasteiger partial charge is 0.464 e. The number of alkyl carbamates (subject to hydrolysis) is 1. The average molecular weight is 355 g/mol. The molecule has 6 nitrogen and oxygen atoms in total. The number of carbonyl (C=O) groups is 3. The highest BCUT2D eigenvalue weighted by molar-refractivity contribution is 5.99. The molecule has 1 N–H and O–H groups in total. The van der Waals surface area contributed by atoms with E-state index in [1.807, 2.05) is 30.3 Å². The first-order valence-corrected chi connectivity index (χ1v) is 8.32. The van der Waals surface area contributed by atoms with Gasteiger partial charge in [0, 0.05) is 12.0 Å². The Labute approximate surface area is 152 Å². The number of esters is 1. The van der Waals surface area contributed by atoms with Crippen LogP contribution in [0.3, 0.4) is 0 Å². The quantitative estimate of drug-likeness (QED) is 0.581. The Hall–Kier alpha value is -3.15. The van der Waals surface area contributed by atoms with Gasteiger partial charge in [-0.1, -0.05) is 60.7 Å². The Morgan fingerprint density at radius 1 is 0.923 bits per heavy atom. The van der Waals surface area contributed by atoms with Crippen molar-refractivity contribution in [3.8, 4) is 0 Å². The summed E-state index contributed by atoms with van der Waals surface area (Å²) in [5.41, 5.74) is 1.27. The van der Waals surface area contributed by atoms with Gasteiger partial charge in [-0.05, 0) is 12.5 Å². The lowest BCUT2D eigenvalue weighted by Crippen LogP contribution is -2.43. The van der Waals surface area contributed by atoms with Crippen molar-refractivity contribution in [2.45, 2.75) is 26.0 Å². The number of hydrogen-bond acceptors (Lipinski definition) is 5. The molecule has 136 valence electrons. The lowest BCUT2D eigenvalue weighted by molar-refractivity contribution is -0.145. The van der Waals surface area contributed by atoms with E-state index in [0.29, 0.717) is 5.56 Å². The minimum absolute atomic E-state index is 0.0643. The van der Waals surface area contributed by atoms with E-state index >= 15 is 0 Å². The van der Waals surface area contributed by atoms with E-state index in [4.69, 9.17) is 9.47 Å². The van der Waals surface area contributed by atoms with Gasteiger partial charge in [0.2, 0.25) is 0 Å². The van der Waals surface area contributed by atoms with Gasteiger partial charge in [-0.2, -0.15) is 0 Å². The number of nitrogens with one attached hydrogen (secondary N) is 1. The molecule has 0 aliphatic carbocycles. The summed E-state index contributed by atoms with van der Waals surface area (Å²) < 4.78 is 10.0. The molecule has 2 aromatic rings. The summed E-state index contributed by atoms with van der Waals surface area (Å²) in [6.45, 7) is 1.87. The van der Waals surface area contributed by atoms with E-state index in [0.717, 1.165) is 5.56 Å². The molecule has 26 heavy (non-hydrogen) atoms. The number of amides is 1. The monoisotopic (exact) mass is 355 g/mol. The van der Waals surface area contributed by atoms with Gasteiger partial charge in [0.05, 0.1) is 6.61 Å². The van der Waals surface area contributed by atoms with Gasteiger partial charge < -0.3 is 14.8 Å². The van der Waals surface area contributed by atoms with E-state index in [1.165, 1.54) is 0 Å². The van der Waals surface area contributed by atoms with Crippen LogP contribution in [0.15, 0.2) is 60.7 Å². The van der Waals surface area contributed by atoms with Gasteiger partial charge in [0.1, 0.15) is 12.6 Å². The predicted molar refractivity (Wildman–Crippen MR) is 95.6 cm³/mol. The lowest BCUT2D eigenvalue weighted by atomic mass is 10.0. The molecule has 2 aromatic carbocycles. The number of rotatable bonds is 8. The second-order valence-corrected chi connectivity index (χ2v) is 5.50. The highest BCUT2D eigenvalue weighted by Gasteiger charge is 2.26. The van der Waals surface area contributed by atoms with Crippen molar-refractivity contribution >= 4 is 17.8 Å². The number of carbonyl (C=O) groups excluding carboxylic acids is 3. The SMILES string of the molecule is CCOC(=O)C(CC(=O)c1ccccc1)NC(=O)OCc1ccccc1. The van der Waals surface area contributed by atoms with Crippen molar-refractivity contribution in [1.29, 1.82) is 0 Å². The normalized spacial score (nSPS) is 11.3. The molecule has 1 amide bonds. The lowest BCUT2D eigenvalue weighted by Gasteiger charge is -2.16. The van der Waals surface area contributed by atoms with Crippen molar-refractivity contribution < 1.29 is 23.9 Å². The second-order valence-electron chi connectivity index (χ2n) is 5.50. The maximum atomic E-state index is 12.3. The molecular weight excluding hydrogens is 334 g/mol. The number of ketones is 1. The van der Waals surface area contributed by atoms with Crippen LogP contribution in [0.2, 0.25) is 0 Å². The van der Waals surface area contributed by atoms with Crippen LogP contribution in [0.25, 0.3) is 0 Å². The van der Waals surface area contributed by atoms with Gasteiger partial charge >= 0.3 is 12.1 Å². The van der Waals surface area contributed by atoms with Crippen molar-refractivity contribution in [2.24, 2.45) is 0 Å². The summed E-state index contributed by atoms with van der Waals surface area (Å²) >= 11 is 0. The Balaban J connectivity index is 1.96. The standard InChI is InChI=1S/C20H21NO5/c1-2-25-19(23)17(13-18(22)16-11-7-4-8-12-16)21-20(24)26-14-15-9-5-3-6-10-15/h3-12,17H,2,13-14H2,1H3,(H,21,24). The molecule has 2 rings (SSSR count). The third-order valence-electron chi connectivity index (χ3n) is 3.56. The van der Waals surface area contributed by atoms with Crippen molar-refractivity contribution in [3.05, 3.63) is 71.8 Å². The number of Topliss-reactive ketones (excluding diaryl/α,β-unsaturated/α-hetero) is 1. The van der Waals surface area contributed by atoms with E-state index < -0.39 is 18.1 Å². The molecule has 0 radical (unpaired) electrons. The maximum Gasteiger partial charge on any atom is 0.408 e. The summed E-state index contributed by atoms with van der Waals surface area (Å²) in [6.07, 6.45) is -0.990. The first-order chi connectivity index (χ1) is 12.6. The molecule has 0 saturated carbocycles. The number of benzene rings is 2. The summed E-state index contributed by atoms with van der Waals surface area (Å²) in [6, 6.07) is 16.6. The zero-order chi connectivity index (χ0) is 18.8. The van der Waals surface area contributed by atoms with Crippen LogP contribution in [0.5, 0.6) is 0 Å². The summed E-state index contributed by atoms with van der Waals surface area (Å²) in [7, 11) is 0. The van der Waals surface area contributed by atoms with E-state index in [1.54, 1.807) is 37.3 Å². The number of ether oxygens (including phenoxy) is 2. The van der Waals surface area contributed by atoms with Crippen LogP contribution in [0.1, 0.15) is 29.3 Å². The van der Waals surface area contributed by atoms with E-state index in [9.17, 15) is 14.4 Å². The van der Waals surface area contributed by atoms with E-state index in [-0.39, 0.29) is 25.4 Å². The van der Waals surface area contributed by atoms with Crippen molar-refractivity contribution in [2.75, 3.05) is 6.61 Å². The fourth-order valence-electron chi connectivity index (χ4n) is 2.27. The smallest absolute Gasteiger partial charge is 0.408 e. The third-order valence-corrected chi connectivity index (χ3v) is 3.56. The molecule has 0 heterocycles. The Kier molecular flexibility index (Phi) is 7.36. The third kappa shape index (κ3) is 6.05. The molecule has 0 saturated heterocycles. The van der Waals surface area contributed by atoms with Crippen LogP contribution in [-0.2, 0) is 20.9 Å². The molecule has 0 spiro atoms. The first-order valence-electron chi connectivity index (χ1n) is 8.32. The van der Waals surface area contributed by atoms with Gasteiger partial charge in [-0.15, -0.1) is 0 Å². The highest BCUT2D eigenvalue weighted by atomic mass is 16.6. The molecule has 0 aliphatic heterocycles. The minimum atomic E-state index is -1.11. The van der Waals surface area contributed by atoms with Gasteiger partial charge in [0.25, 0.3) is 0 Å². The molecule has 0 aliphatic rings. The second kappa shape index (κ2) is 9.98. The molecule has 1 unspecified atom stereocenters. The fraction of sp³-hybridized carbons (Fsp3) is 0.250. The fourth-order valence-corrected chi connectivity index (χ4v) is 2.27. The van der Waals surface area contributed by atoms with E-state index in [2.05, 4.69) is 5.32 Å². The summed E-state index contributed by atoms with van der Waals surface area (Å²) in [5.74, 6) is -0.944. The zero-order valence-corrected chi connectivity index (χ0v) is 14.5. The first kappa shape index (κ1) is 19.2. The molecule has 0 fully saturated rings. The van der Waals surface area contributed by atoms with Crippen LogP contribution < -0.4 is 5.32 Å². The van der Waals surface area contributed by atoms with Crippen LogP contribution in [0.4, 0.5) is 4.79 Å². The summed E-state index contributed by atoms with van der Waals surface area (Å²) in [5, 5.41) is 2.42. The Morgan fingerprint density at radius 3 is 2.15 bits per heavy atom. The van der Waals surface area contributed by atoms with Crippen LogP contribution in [-0.4, -0.2) is 30.5 Å². The zero-order valence-electron chi connectivity index (χ0n) is 14.5. The van der Waals surface area contributed by atoms with Crippen LogP contribution >= 0.6 is 0 Å². The van der Waals surface area contributed by atoms with Gasteiger partial charge in [-0.25, -0.2) is 9.59 Å². The van der Waals surface area contributed by atoms with Gasteiger partial charge in [0.15, 0.2) is 5.78 Å². The van der Waals surface area contributed by atoms with Gasteiger partial charge in [-0.3, -0.25) is 4.79 Å². The topological polar surface area (TPSA) is 81.7 Å². The summed E-state index contributed by atoms with van der Waals surface area (Å²) in [4.78, 5) is 36.4. The highest BCUT2D eigenvalue weighted by Crippen LogP contribution is 2.08. The molecule has 0 aromatic heterocycles. The predicted octanol–water partition coefficient (Wildman–Crippen LogP) is 3.12. The van der Waals surface area contributed by atoms with Crippen LogP contribution in [0, 0.1) is 0 Å². The van der Waals surface area contributed by atoms with Crippen molar-refractivity contribution in [3.63, 3.8) is 0 Å². The maximum absolute atomic E-state index is 12.3. The Bertz CT molecular complexity index is 730. The van der Waals surface area contributed by atoms with Crippen molar-refractivity contribution in [1.82, 2.24) is 5.32 Å². The molecule has 0 bridgehead atoms. The number of hydrogen-bond donors (Lipinski definition) is 1. The minimum Gasteiger partial charge on any atom is -0.464 e. The molecule has 1 atom stereocenters. The molecular formula is C20H21NO5. The Morgan fingerprint density at radius 2 is 1.54 bits per heavy atom. The molecule has 6 heteroatoms. The average Bonchev–Trinajstić information content (AvgIpc) is 2.67.